The lowest BCUT2D eigenvalue weighted by molar-refractivity contribution is -0.138. The molecular weight excluding hydrogens is 629 g/mol. The Morgan fingerprint density at radius 2 is 1.92 bits per heavy atom. The molecule has 4 N–H and O–H groups in total. The standard InChI is InChI=1S/C31H36N6O5S.C5H10/c1-4-20-12-31(20,27(32)40)35-26(39)23-11-21-15-37(23)25(38)13-33-28-34-24(17-43-28)30(2,3)10-6-9-18-7-5-8-19-14-36(16-22(18)19)29(41)42-21;1-2-4-5-3-1/h4-9,17,20-21,23H,1,10-16H2,2-3H3,(H2,32,40)(H,33,34)(H,35,39);1-5H2/b9-6+;/t20-,21-,23+,31-;/m1./s1. The van der Waals surface area contributed by atoms with Crippen LogP contribution in [0.5, 0.6) is 0 Å². The normalized spacial score (nSPS) is 28.1. The number of nitrogens with zero attached hydrogens (tertiary/aromatic N) is 3. The smallest absolute Gasteiger partial charge is 0.410 e. The maximum Gasteiger partial charge on any atom is 0.410 e. The zero-order valence-electron chi connectivity index (χ0n) is 27.8. The van der Waals surface area contributed by atoms with Gasteiger partial charge in [-0.25, -0.2) is 9.78 Å². The van der Waals surface area contributed by atoms with Crippen LogP contribution < -0.4 is 16.4 Å². The molecule has 0 unspecified atom stereocenters. The number of rotatable bonds is 4. The lowest BCUT2D eigenvalue weighted by atomic mass is 9.86. The zero-order valence-corrected chi connectivity index (χ0v) is 28.7. The van der Waals surface area contributed by atoms with Gasteiger partial charge in [0, 0.05) is 29.7 Å². The number of fused-ring (bicyclic) bond motifs is 5. The first-order valence-electron chi connectivity index (χ1n) is 17.0. The molecule has 4 heterocycles. The average molecular weight is 675 g/mol. The van der Waals surface area contributed by atoms with Crippen LogP contribution >= 0.6 is 11.3 Å². The van der Waals surface area contributed by atoms with Gasteiger partial charge in [0.25, 0.3) is 0 Å². The minimum absolute atomic E-state index is 0.0454. The highest BCUT2D eigenvalue weighted by atomic mass is 32.1. The van der Waals surface area contributed by atoms with Crippen LogP contribution in [0.15, 0.2) is 42.3 Å². The number of carbonyl (C=O) groups is 4. The molecule has 2 aromatic rings. The van der Waals surface area contributed by atoms with E-state index in [2.05, 4.69) is 43.2 Å². The van der Waals surface area contributed by atoms with Crippen molar-refractivity contribution in [3.63, 3.8) is 0 Å². The number of carbonyl (C=O) groups excluding carboxylic acids is 4. The SMILES string of the molecule is C1CCCC1.C=C[C@@H]1C[C@]1(NC(=O)[C@@H]1C[C@@H]2CN1C(=O)CNc1nc(cs1)C(C)(C)C/C=C/c1cccc3c1CN(C3)C(=O)O2)C(N)=O. The van der Waals surface area contributed by atoms with Gasteiger partial charge >= 0.3 is 6.09 Å². The predicted molar refractivity (Wildman–Crippen MR) is 185 cm³/mol. The third-order valence-corrected chi connectivity index (χ3v) is 11.1. The highest BCUT2D eigenvalue weighted by Gasteiger charge is 2.59. The number of primary amides is 1. The van der Waals surface area contributed by atoms with E-state index in [1.54, 1.807) is 11.0 Å². The fourth-order valence-corrected chi connectivity index (χ4v) is 8.01. The van der Waals surface area contributed by atoms with Crippen LogP contribution in [0.4, 0.5) is 9.93 Å². The topological polar surface area (TPSA) is 147 Å². The summed E-state index contributed by atoms with van der Waals surface area (Å²) in [5.41, 5.74) is 8.26. The molecule has 3 aliphatic heterocycles. The van der Waals surface area contributed by atoms with Crippen LogP contribution in [0, 0.1) is 5.92 Å². The molecule has 11 nitrogen and oxygen atoms in total. The van der Waals surface area contributed by atoms with Gasteiger partial charge < -0.3 is 26.0 Å². The molecular formula is C36H46N6O5S. The second-order valence-corrected chi connectivity index (χ2v) is 15.0. The first kappa shape index (κ1) is 33.7. The Morgan fingerprint density at radius 1 is 1.17 bits per heavy atom. The van der Waals surface area contributed by atoms with Crippen molar-refractivity contribution in [3.8, 4) is 0 Å². The Bertz CT molecular complexity index is 1610. The molecule has 0 spiro atoms. The summed E-state index contributed by atoms with van der Waals surface area (Å²) in [6.45, 7) is 8.74. The minimum Gasteiger partial charge on any atom is -0.444 e. The third kappa shape index (κ3) is 6.99. The first-order valence-corrected chi connectivity index (χ1v) is 17.9. The summed E-state index contributed by atoms with van der Waals surface area (Å²) in [7, 11) is 0. The van der Waals surface area contributed by atoms with Crippen LogP contribution in [-0.4, -0.2) is 69.4 Å². The molecule has 1 aromatic heterocycles. The van der Waals surface area contributed by atoms with E-state index >= 15 is 0 Å². The Balaban J connectivity index is 0.000000736. The van der Waals surface area contributed by atoms with E-state index < -0.39 is 35.6 Å². The Hall–Kier alpha value is -4.19. The number of allylic oxidation sites excluding steroid dienone is 1. The number of thiazole rings is 1. The molecule has 2 saturated carbocycles. The van der Waals surface area contributed by atoms with Gasteiger partial charge in [0.2, 0.25) is 17.7 Å². The Kier molecular flexibility index (Phi) is 9.64. The van der Waals surface area contributed by atoms with Gasteiger partial charge in [-0.15, -0.1) is 17.9 Å². The van der Waals surface area contributed by atoms with Crippen LogP contribution in [0.2, 0.25) is 0 Å². The number of hydrogen-bond acceptors (Lipinski definition) is 8. The van der Waals surface area contributed by atoms with Crippen molar-refractivity contribution in [2.24, 2.45) is 11.7 Å². The molecule has 48 heavy (non-hydrogen) atoms. The minimum atomic E-state index is -1.22. The van der Waals surface area contributed by atoms with Gasteiger partial charge in [-0.1, -0.05) is 82.4 Å². The lowest BCUT2D eigenvalue weighted by Gasteiger charge is -2.26. The van der Waals surface area contributed by atoms with Crippen LogP contribution in [0.25, 0.3) is 6.08 Å². The van der Waals surface area contributed by atoms with Gasteiger partial charge in [0.05, 0.1) is 25.3 Å². The van der Waals surface area contributed by atoms with Crippen molar-refractivity contribution >= 4 is 46.4 Å². The molecule has 4 atom stereocenters. The summed E-state index contributed by atoms with van der Waals surface area (Å²) in [5.74, 6) is -1.79. The number of benzene rings is 1. The molecule has 1 aromatic carbocycles. The fourth-order valence-electron chi connectivity index (χ4n) is 7.11. The number of anilines is 1. The summed E-state index contributed by atoms with van der Waals surface area (Å²) in [6.07, 6.45) is 13.3. The van der Waals surface area contributed by atoms with E-state index in [0.29, 0.717) is 24.6 Å². The molecule has 2 aliphatic carbocycles. The quantitative estimate of drug-likeness (QED) is 0.392. The number of amides is 4. The van der Waals surface area contributed by atoms with E-state index in [-0.39, 0.29) is 36.8 Å². The Morgan fingerprint density at radius 3 is 2.60 bits per heavy atom. The second kappa shape index (κ2) is 13.7. The molecule has 7 rings (SSSR count). The molecule has 3 fully saturated rings. The van der Waals surface area contributed by atoms with E-state index in [0.717, 1.165) is 28.8 Å². The summed E-state index contributed by atoms with van der Waals surface area (Å²) < 4.78 is 5.89. The zero-order chi connectivity index (χ0) is 34.1. The van der Waals surface area contributed by atoms with Crippen LogP contribution in [0.3, 0.4) is 0 Å². The number of aromatic nitrogens is 1. The highest BCUT2D eigenvalue weighted by molar-refractivity contribution is 7.13. The molecule has 256 valence electrons. The van der Waals surface area contributed by atoms with E-state index in [9.17, 15) is 19.2 Å². The monoisotopic (exact) mass is 674 g/mol. The predicted octanol–water partition coefficient (Wildman–Crippen LogP) is 4.87. The van der Waals surface area contributed by atoms with Crippen molar-refractivity contribution < 1.29 is 23.9 Å². The molecule has 0 radical (unpaired) electrons. The Labute approximate surface area is 286 Å². The third-order valence-electron chi connectivity index (χ3n) is 10.3. The van der Waals surface area contributed by atoms with Gasteiger partial charge in [-0.05, 0) is 29.5 Å². The molecule has 1 saturated heterocycles. The first-order chi connectivity index (χ1) is 23.0. The number of nitrogens with two attached hydrogens (primary N) is 1. The highest BCUT2D eigenvalue weighted by Crippen LogP contribution is 2.44. The van der Waals surface area contributed by atoms with Crippen LogP contribution in [-0.2, 0) is 37.6 Å². The molecule has 12 heteroatoms. The van der Waals surface area contributed by atoms with Gasteiger partial charge in [-0.3, -0.25) is 19.3 Å². The molecule has 5 aliphatic rings. The number of hydrogen-bond donors (Lipinski definition) is 3. The summed E-state index contributed by atoms with van der Waals surface area (Å²) in [5, 5.41) is 8.48. The van der Waals surface area contributed by atoms with E-state index in [1.165, 1.54) is 48.3 Å². The van der Waals surface area contributed by atoms with Crippen molar-refractivity contribution in [1.82, 2.24) is 20.1 Å². The molecule has 6 bridgehead atoms. The fraction of sp³-hybridized carbons (Fsp3) is 0.528. The second-order valence-electron chi connectivity index (χ2n) is 14.2. The van der Waals surface area contributed by atoms with E-state index in [1.807, 2.05) is 23.6 Å². The van der Waals surface area contributed by atoms with Gasteiger partial charge in [0.15, 0.2) is 5.13 Å². The van der Waals surface area contributed by atoms with Crippen LogP contribution in [0.1, 0.15) is 87.6 Å². The largest absolute Gasteiger partial charge is 0.444 e. The summed E-state index contributed by atoms with van der Waals surface area (Å²) in [4.78, 5) is 60.4. The number of nitrogens with one attached hydrogen (secondary N) is 2. The van der Waals surface area contributed by atoms with Gasteiger partial charge in [0.1, 0.15) is 17.7 Å². The molecule has 4 amide bonds. The lowest BCUT2D eigenvalue weighted by Crippen LogP contribution is -2.55. The summed E-state index contributed by atoms with van der Waals surface area (Å²) in [6, 6.07) is 5.10. The van der Waals surface area contributed by atoms with Gasteiger partial charge in [-0.2, -0.15) is 0 Å². The van der Waals surface area contributed by atoms with Crippen molar-refractivity contribution in [2.45, 2.75) is 101 Å². The number of ether oxygens (including phenoxy) is 1. The maximum atomic E-state index is 13.5. The van der Waals surface area contributed by atoms with E-state index in [4.69, 9.17) is 15.5 Å². The average Bonchev–Trinajstić information content (AvgIpc) is 3.70. The summed E-state index contributed by atoms with van der Waals surface area (Å²) >= 11 is 1.42. The van der Waals surface area contributed by atoms with Crippen molar-refractivity contribution in [3.05, 3.63) is 64.7 Å². The van der Waals surface area contributed by atoms with Crippen molar-refractivity contribution in [2.75, 3.05) is 18.4 Å². The van der Waals surface area contributed by atoms with Crippen molar-refractivity contribution in [1.29, 1.82) is 0 Å². The maximum absolute atomic E-state index is 13.5.